The van der Waals surface area contributed by atoms with Crippen molar-refractivity contribution in [3.8, 4) is 0 Å². The van der Waals surface area contributed by atoms with Gasteiger partial charge in [-0.15, -0.1) is 0 Å². The molecule has 0 saturated heterocycles. The monoisotopic (exact) mass is 308 g/mol. The van der Waals surface area contributed by atoms with Crippen molar-refractivity contribution in [1.29, 1.82) is 0 Å². The van der Waals surface area contributed by atoms with Gasteiger partial charge >= 0.3 is 0 Å². The van der Waals surface area contributed by atoms with E-state index in [1.54, 1.807) is 6.20 Å². The van der Waals surface area contributed by atoms with E-state index in [1.807, 2.05) is 6.20 Å². The molecule has 0 radical (unpaired) electrons. The summed E-state index contributed by atoms with van der Waals surface area (Å²) in [4.78, 5) is 0. The van der Waals surface area contributed by atoms with Gasteiger partial charge in [-0.3, -0.25) is 0 Å². The van der Waals surface area contributed by atoms with Gasteiger partial charge in [-0.1, -0.05) is 76.9 Å². The van der Waals surface area contributed by atoms with Gasteiger partial charge in [0.15, 0.2) is 0 Å². The van der Waals surface area contributed by atoms with Crippen LogP contribution >= 0.6 is 0 Å². The first-order valence-corrected chi connectivity index (χ1v) is 9.67. The van der Waals surface area contributed by atoms with Crippen LogP contribution < -0.4 is 11.1 Å². The summed E-state index contributed by atoms with van der Waals surface area (Å²) in [5, 5.41) is 3.17. The standard InChI is InChI=1S/C20H40N2/c1-2-3-4-5-6-7-8-9-10-11-12-13-14-15-16-17-19-22-20-18-21/h9-10,18,20,22H,2-8,11-17,19,21H2,1H3/b10-9-,20-18+. The predicted molar refractivity (Wildman–Crippen MR) is 101 cm³/mol. The van der Waals surface area contributed by atoms with Gasteiger partial charge in [-0.25, -0.2) is 0 Å². The molecule has 22 heavy (non-hydrogen) atoms. The lowest BCUT2D eigenvalue weighted by atomic mass is 10.1. The summed E-state index contributed by atoms with van der Waals surface area (Å²) in [5.74, 6) is 0. The Labute approximate surface area is 139 Å². The fourth-order valence-corrected chi connectivity index (χ4v) is 2.63. The maximum absolute atomic E-state index is 5.25. The Kier molecular flexibility index (Phi) is 19.2. The summed E-state index contributed by atoms with van der Waals surface area (Å²) >= 11 is 0. The van der Waals surface area contributed by atoms with Crippen LogP contribution in [0.4, 0.5) is 0 Å². The minimum absolute atomic E-state index is 1.05. The second-order valence-corrected chi connectivity index (χ2v) is 6.25. The van der Waals surface area contributed by atoms with E-state index in [1.165, 1.54) is 89.9 Å². The van der Waals surface area contributed by atoms with Crippen molar-refractivity contribution in [2.75, 3.05) is 6.54 Å². The zero-order valence-corrected chi connectivity index (χ0v) is 15.0. The van der Waals surface area contributed by atoms with Crippen molar-refractivity contribution in [2.45, 2.75) is 96.8 Å². The van der Waals surface area contributed by atoms with Crippen LogP contribution in [0.2, 0.25) is 0 Å². The van der Waals surface area contributed by atoms with E-state index in [2.05, 4.69) is 24.4 Å². The van der Waals surface area contributed by atoms with Gasteiger partial charge in [0, 0.05) is 18.9 Å². The highest BCUT2D eigenvalue weighted by molar-refractivity contribution is 4.81. The molecule has 0 fully saturated rings. The highest BCUT2D eigenvalue weighted by Crippen LogP contribution is 2.09. The van der Waals surface area contributed by atoms with Gasteiger partial charge in [-0.05, 0) is 32.1 Å². The van der Waals surface area contributed by atoms with E-state index in [0.29, 0.717) is 0 Å². The molecule has 0 heterocycles. The summed E-state index contributed by atoms with van der Waals surface area (Å²) in [5.41, 5.74) is 5.25. The van der Waals surface area contributed by atoms with Gasteiger partial charge < -0.3 is 11.1 Å². The van der Waals surface area contributed by atoms with Gasteiger partial charge in [0.05, 0.1) is 0 Å². The number of unbranched alkanes of at least 4 members (excludes halogenated alkanes) is 12. The van der Waals surface area contributed by atoms with E-state index in [9.17, 15) is 0 Å². The Morgan fingerprint density at radius 2 is 1.18 bits per heavy atom. The van der Waals surface area contributed by atoms with Crippen LogP contribution in [0.3, 0.4) is 0 Å². The number of nitrogens with one attached hydrogen (secondary N) is 1. The Morgan fingerprint density at radius 1 is 0.682 bits per heavy atom. The third-order valence-corrected chi connectivity index (χ3v) is 4.05. The summed E-state index contributed by atoms with van der Waals surface area (Å²) in [7, 11) is 0. The average Bonchev–Trinajstić information content (AvgIpc) is 2.54. The largest absolute Gasteiger partial charge is 0.403 e. The van der Waals surface area contributed by atoms with Crippen molar-refractivity contribution in [1.82, 2.24) is 5.32 Å². The van der Waals surface area contributed by atoms with Crippen molar-refractivity contribution in [3.63, 3.8) is 0 Å². The maximum Gasteiger partial charge on any atom is 0.0141 e. The van der Waals surface area contributed by atoms with Crippen LogP contribution in [0, 0.1) is 0 Å². The van der Waals surface area contributed by atoms with Crippen LogP contribution in [0.5, 0.6) is 0 Å². The smallest absolute Gasteiger partial charge is 0.0141 e. The second-order valence-electron chi connectivity index (χ2n) is 6.25. The highest BCUT2D eigenvalue weighted by atomic mass is 14.8. The molecular formula is C20H40N2. The molecule has 0 saturated carbocycles. The van der Waals surface area contributed by atoms with Crippen LogP contribution in [0.15, 0.2) is 24.6 Å². The molecule has 2 nitrogen and oxygen atoms in total. The van der Waals surface area contributed by atoms with Gasteiger partial charge in [0.2, 0.25) is 0 Å². The third kappa shape index (κ3) is 19.1. The average molecular weight is 309 g/mol. The zero-order chi connectivity index (χ0) is 16.1. The number of allylic oxidation sites excluding steroid dienone is 2. The molecule has 0 rings (SSSR count). The quantitative estimate of drug-likeness (QED) is 0.254. The molecular weight excluding hydrogens is 268 g/mol. The lowest BCUT2D eigenvalue weighted by molar-refractivity contribution is 0.588. The van der Waals surface area contributed by atoms with Crippen molar-refractivity contribution in [3.05, 3.63) is 24.6 Å². The molecule has 130 valence electrons. The van der Waals surface area contributed by atoms with Crippen molar-refractivity contribution >= 4 is 0 Å². The van der Waals surface area contributed by atoms with E-state index >= 15 is 0 Å². The summed E-state index contributed by atoms with van der Waals surface area (Å²) < 4.78 is 0. The van der Waals surface area contributed by atoms with E-state index < -0.39 is 0 Å². The van der Waals surface area contributed by atoms with Gasteiger partial charge in [0.25, 0.3) is 0 Å². The van der Waals surface area contributed by atoms with Gasteiger partial charge in [0.1, 0.15) is 0 Å². The fourth-order valence-electron chi connectivity index (χ4n) is 2.63. The zero-order valence-electron chi connectivity index (χ0n) is 15.0. The molecule has 0 aliphatic carbocycles. The summed E-state index contributed by atoms with van der Waals surface area (Å²) in [6.07, 6.45) is 27.2. The second kappa shape index (κ2) is 20.1. The van der Waals surface area contributed by atoms with Crippen LogP contribution in [-0.2, 0) is 0 Å². The first kappa shape index (κ1) is 21.1. The molecule has 0 amide bonds. The minimum Gasteiger partial charge on any atom is -0.403 e. The molecule has 0 spiro atoms. The third-order valence-electron chi connectivity index (χ3n) is 4.05. The molecule has 0 aromatic heterocycles. The molecule has 0 atom stereocenters. The van der Waals surface area contributed by atoms with Crippen molar-refractivity contribution in [2.24, 2.45) is 5.73 Å². The van der Waals surface area contributed by atoms with Crippen LogP contribution in [0.1, 0.15) is 96.8 Å². The van der Waals surface area contributed by atoms with E-state index in [-0.39, 0.29) is 0 Å². The molecule has 0 aliphatic rings. The van der Waals surface area contributed by atoms with Crippen LogP contribution in [0.25, 0.3) is 0 Å². The van der Waals surface area contributed by atoms with Crippen molar-refractivity contribution < 1.29 is 0 Å². The Hall–Kier alpha value is -0.920. The lowest BCUT2D eigenvalue weighted by Crippen LogP contribution is -2.07. The summed E-state index contributed by atoms with van der Waals surface area (Å²) in [6, 6.07) is 0. The SMILES string of the molecule is CCCCCCCC/C=C\CCCCCCCCN/C=C/N. The maximum atomic E-state index is 5.25. The molecule has 0 aromatic rings. The number of hydrogen-bond acceptors (Lipinski definition) is 2. The first-order chi connectivity index (χ1) is 10.9. The number of hydrogen-bond donors (Lipinski definition) is 2. The topological polar surface area (TPSA) is 38.0 Å². The minimum atomic E-state index is 1.05. The first-order valence-electron chi connectivity index (χ1n) is 9.67. The molecule has 3 N–H and O–H groups in total. The van der Waals surface area contributed by atoms with E-state index in [0.717, 1.165) is 6.54 Å². The molecule has 0 bridgehead atoms. The Morgan fingerprint density at radius 3 is 1.73 bits per heavy atom. The number of nitrogens with two attached hydrogens (primary N) is 1. The Balaban J connectivity index is 3.05. The molecule has 0 aromatic carbocycles. The fraction of sp³-hybridized carbons (Fsp3) is 0.800. The van der Waals surface area contributed by atoms with Gasteiger partial charge in [-0.2, -0.15) is 0 Å². The normalized spacial score (nSPS) is 11.7. The molecule has 2 heteroatoms. The molecule has 0 aliphatic heterocycles. The van der Waals surface area contributed by atoms with E-state index in [4.69, 9.17) is 5.73 Å². The predicted octanol–water partition coefficient (Wildman–Crippen LogP) is 6.04. The highest BCUT2D eigenvalue weighted by Gasteiger charge is 1.91. The summed E-state index contributed by atoms with van der Waals surface area (Å²) in [6.45, 7) is 3.33. The molecule has 0 unspecified atom stereocenters. The Bertz CT molecular complexity index is 246. The van der Waals surface area contributed by atoms with Crippen LogP contribution in [-0.4, -0.2) is 6.54 Å². The number of rotatable bonds is 17. The lowest BCUT2D eigenvalue weighted by Gasteiger charge is -2.01.